The van der Waals surface area contributed by atoms with Gasteiger partial charge in [-0.05, 0) is 60.9 Å². The Balaban J connectivity index is 1.20. The highest BCUT2D eigenvalue weighted by molar-refractivity contribution is 6.36. The zero-order chi connectivity index (χ0) is 31.8. The highest BCUT2D eigenvalue weighted by Crippen LogP contribution is 2.38. The smallest absolute Gasteiger partial charge is 0.134 e. The van der Waals surface area contributed by atoms with E-state index in [1.165, 1.54) is 12.3 Å². The number of anilines is 3. The Morgan fingerprint density at radius 1 is 0.978 bits per heavy atom. The number of benzene rings is 3. The summed E-state index contributed by atoms with van der Waals surface area (Å²) in [7, 11) is 0. The molecule has 10 nitrogen and oxygen atoms in total. The van der Waals surface area contributed by atoms with Crippen molar-refractivity contribution >= 4 is 62.8 Å². The summed E-state index contributed by atoms with van der Waals surface area (Å²) < 4.78 is 5.40. The van der Waals surface area contributed by atoms with Gasteiger partial charge in [0.25, 0.3) is 0 Å². The van der Waals surface area contributed by atoms with Crippen LogP contribution in [0.1, 0.15) is 30.0 Å². The topological polar surface area (TPSA) is 121 Å². The fourth-order valence-corrected chi connectivity index (χ4v) is 6.68. The third kappa shape index (κ3) is 6.22. The highest BCUT2D eigenvalue weighted by atomic mass is 35.5. The third-order valence-electron chi connectivity index (χ3n) is 8.72. The van der Waals surface area contributed by atoms with Gasteiger partial charge in [0.05, 0.1) is 57.8 Å². The standard InChI is InChI=1S/C33H31Cl3N8O2/c34-21-3-1-19(2-4-21)32(29-16-44(42-41-29)24-7-9-43(10-8-24)25-17-46-18-25)40-23-11-26-31(39-22-5-6-30(45)27(35)12-22)20(14-37)15-38-33(26)28(36)13-23/h1-6,11-13,15-16,24-25,32,40-42,45H,7-10,17-18H2,(H,38,39)/t32-/m0/s1. The molecular formula is C33H31Cl3N8O2. The van der Waals surface area contributed by atoms with Crippen LogP contribution in [0.25, 0.3) is 10.9 Å². The molecule has 2 saturated heterocycles. The van der Waals surface area contributed by atoms with Crippen LogP contribution in [0.3, 0.4) is 0 Å². The van der Waals surface area contributed by atoms with Gasteiger partial charge in [0.1, 0.15) is 11.8 Å². The first-order valence-electron chi connectivity index (χ1n) is 15.0. The Hall–Kier alpha value is -3.95. The molecular weight excluding hydrogens is 647 g/mol. The third-order valence-corrected chi connectivity index (χ3v) is 9.57. The number of aromatic hydroxyl groups is 1. The summed E-state index contributed by atoms with van der Waals surface area (Å²) in [5.41, 5.74) is 11.4. The number of fused-ring (bicyclic) bond motifs is 1. The maximum atomic E-state index is 9.95. The van der Waals surface area contributed by atoms with Crippen molar-refractivity contribution in [2.45, 2.75) is 31.0 Å². The fourth-order valence-electron chi connectivity index (χ4n) is 6.10. The molecule has 4 heterocycles. The van der Waals surface area contributed by atoms with Gasteiger partial charge >= 0.3 is 0 Å². The summed E-state index contributed by atoms with van der Waals surface area (Å²) >= 11 is 19.2. The molecule has 5 N–H and O–H groups in total. The number of hydrogen-bond acceptors (Lipinski definition) is 10. The van der Waals surface area contributed by atoms with E-state index in [0.717, 1.165) is 56.1 Å². The average molecular weight is 678 g/mol. The number of nitriles is 1. The quantitative estimate of drug-likeness (QED) is 0.129. The van der Waals surface area contributed by atoms with Crippen molar-refractivity contribution in [3.63, 3.8) is 0 Å². The van der Waals surface area contributed by atoms with Crippen LogP contribution < -0.4 is 21.6 Å². The summed E-state index contributed by atoms with van der Waals surface area (Å²) in [4.78, 5) is 7.01. The number of hydrazine groups is 2. The second-order valence-electron chi connectivity index (χ2n) is 11.6. The second kappa shape index (κ2) is 13.0. The summed E-state index contributed by atoms with van der Waals surface area (Å²) in [6.45, 7) is 3.75. The zero-order valence-electron chi connectivity index (χ0n) is 24.6. The number of nitrogens with zero attached hydrogens (tertiary/aromatic N) is 4. The van der Waals surface area contributed by atoms with Crippen LogP contribution in [0.4, 0.5) is 17.1 Å². The van der Waals surface area contributed by atoms with E-state index in [-0.39, 0.29) is 16.8 Å². The number of hydrogen-bond donors (Lipinski definition) is 5. The molecule has 0 unspecified atom stereocenters. The van der Waals surface area contributed by atoms with Crippen molar-refractivity contribution in [3.8, 4) is 11.8 Å². The van der Waals surface area contributed by atoms with Gasteiger partial charge in [-0.1, -0.05) is 46.9 Å². The van der Waals surface area contributed by atoms with E-state index in [2.05, 4.69) is 48.8 Å². The lowest BCUT2D eigenvalue weighted by atomic mass is 10.0. The van der Waals surface area contributed by atoms with Gasteiger partial charge in [0, 0.05) is 53.3 Å². The lowest BCUT2D eigenvalue weighted by Crippen LogP contribution is -2.55. The number of rotatable bonds is 8. The summed E-state index contributed by atoms with van der Waals surface area (Å²) in [5, 5.41) is 30.8. The average Bonchev–Trinajstić information content (AvgIpc) is 3.52. The predicted octanol–water partition coefficient (Wildman–Crippen LogP) is 6.70. The molecule has 236 valence electrons. The zero-order valence-corrected chi connectivity index (χ0v) is 26.9. The lowest BCUT2D eigenvalue weighted by molar-refractivity contribution is -0.0760. The molecule has 0 aliphatic carbocycles. The molecule has 1 atom stereocenters. The van der Waals surface area contributed by atoms with Crippen LogP contribution in [-0.2, 0) is 4.74 Å². The Labute approximate surface area is 281 Å². The minimum atomic E-state index is -0.296. The van der Waals surface area contributed by atoms with Gasteiger partial charge in [-0.3, -0.25) is 14.9 Å². The molecule has 2 fully saturated rings. The molecule has 3 aromatic carbocycles. The van der Waals surface area contributed by atoms with Crippen LogP contribution >= 0.6 is 34.8 Å². The minimum Gasteiger partial charge on any atom is -0.506 e. The molecule has 0 radical (unpaired) electrons. The Bertz CT molecular complexity index is 1840. The Morgan fingerprint density at radius 3 is 2.43 bits per heavy atom. The predicted molar refractivity (Wildman–Crippen MR) is 181 cm³/mol. The Kier molecular flexibility index (Phi) is 8.70. The molecule has 46 heavy (non-hydrogen) atoms. The molecule has 3 aliphatic heterocycles. The Morgan fingerprint density at radius 2 is 1.74 bits per heavy atom. The number of nitrogens with one attached hydrogen (secondary N) is 4. The summed E-state index contributed by atoms with van der Waals surface area (Å²) in [6, 6.07) is 19.0. The van der Waals surface area contributed by atoms with Crippen molar-refractivity contribution in [1.29, 1.82) is 5.26 Å². The van der Waals surface area contributed by atoms with Gasteiger partial charge < -0.3 is 25.9 Å². The van der Waals surface area contributed by atoms with Crippen molar-refractivity contribution in [1.82, 2.24) is 25.9 Å². The van der Waals surface area contributed by atoms with E-state index in [0.29, 0.717) is 50.0 Å². The molecule has 13 heteroatoms. The number of phenolic OH excluding ortho intramolecular Hbond substituents is 1. The first-order chi connectivity index (χ1) is 22.4. The number of aromatic nitrogens is 1. The number of phenols is 1. The van der Waals surface area contributed by atoms with E-state index in [9.17, 15) is 10.4 Å². The SMILES string of the molecule is N#Cc1cnc2c(Cl)cc(N[C@H](C3=CN(C4CCN(C5COC5)CC4)NN3)c3ccc(Cl)cc3)cc2c1Nc1ccc(O)c(Cl)c1. The molecule has 4 aromatic rings. The minimum absolute atomic E-state index is 0.0350. The van der Waals surface area contributed by atoms with Crippen molar-refractivity contribution in [2.75, 3.05) is 36.9 Å². The molecule has 0 saturated carbocycles. The van der Waals surface area contributed by atoms with Crippen molar-refractivity contribution in [2.24, 2.45) is 0 Å². The molecule has 0 spiro atoms. The molecule has 7 rings (SSSR count). The lowest BCUT2D eigenvalue weighted by Gasteiger charge is -2.42. The molecule has 0 amide bonds. The van der Waals surface area contributed by atoms with Gasteiger partial charge in [0.2, 0.25) is 0 Å². The summed E-state index contributed by atoms with van der Waals surface area (Å²) in [6.07, 6.45) is 5.70. The van der Waals surface area contributed by atoms with Gasteiger partial charge in [0.15, 0.2) is 0 Å². The first kappa shape index (κ1) is 30.7. The van der Waals surface area contributed by atoms with Crippen LogP contribution in [0.15, 0.2) is 72.7 Å². The van der Waals surface area contributed by atoms with E-state index in [1.807, 2.05) is 36.4 Å². The second-order valence-corrected chi connectivity index (χ2v) is 12.9. The van der Waals surface area contributed by atoms with E-state index < -0.39 is 0 Å². The maximum absolute atomic E-state index is 9.95. The number of piperidine rings is 1. The largest absolute Gasteiger partial charge is 0.506 e. The first-order valence-corrected chi connectivity index (χ1v) is 16.1. The van der Waals surface area contributed by atoms with Crippen LogP contribution in [0.2, 0.25) is 15.1 Å². The van der Waals surface area contributed by atoms with Gasteiger partial charge in [-0.2, -0.15) is 5.26 Å². The van der Waals surface area contributed by atoms with Gasteiger partial charge in [-0.15, -0.1) is 5.53 Å². The van der Waals surface area contributed by atoms with Crippen LogP contribution in [0, 0.1) is 11.3 Å². The summed E-state index contributed by atoms with van der Waals surface area (Å²) in [5.74, 6) is -0.0350. The number of ether oxygens (including phenoxy) is 1. The number of likely N-dealkylation sites (tertiary alicyclic amines) is 1. The molecule has 0 bridgehead atoms. The van der Waals surface area contributed by atoms with Gasteiger partial charge in [-0.25, -0.2) is 0 Å². The molecule has 1 aromatic heterocycles. The number of halogens is 3. The van der Waals surface area contributed by atoms with E-state index in [4.69, 9.17) is 39.5 Å². The van der Waals surface area contributed by atoms with Crippen molar-refractivity contribution in [3.05, 3.63) is 98.9 Å². The van der Waals surface area contributed by atoms with Crippen molar-refractivity contribution < 1.29 is 9.84 Å². The fraction of sp³-hybridized carbons (Fsp3) is 0.273. The normalized spacial score (nSPS) is 18.0. The maximum Gasteiger partial charge on any atom is 0.134 e. The van der Waals surface area contributed by atoms with Crippen LogP contribution in [-0.4, -0.2) is 58.4 Å². The van der Waals surface area contributed by atoms with E-state index >= 15 is 0 Å². The van der Waals surface area contributed by atoms with E-state index in [1.54, 1.807) is 12.1 Å². The van der Waals surface area contributed by atoms with Crippen LogP contribution in [0.5, 0.6) is 5.75 Å². The highest BCUT2D eigenvalue weighted by Gasteiger charge is 2.33. The molecule has 3 aliphatic rings. The number of pyridine rings is 1. The monoisotopic (exact) mass is 676 g/mol.